The minimum absolute atomic E-state index is 0.469. The fourth-order valence-corrected chi connectivity index (χ4v) is 1.46. The molecule has 0 bridgehead atoms. The molecule has 0 heterocycles. The van der Waals surface area contributed by atoms with Crippen molar-refractivity contribution in [2.45, 2.75) is 25.7 Å². The van der Waals surface area contributed by atoms with Gasteiger partial charge in [-0.25, -0.2) is 5.48 Å². The molecule has 0 spiro atoms. The Labute approximate surface area is 95.8 Å². The van der Waals surface area contributed by atoms with Gasteiger partial charge in [-0.2, -0.15) is 0 Å². The molecule has 0 radical (unpaired) electrons. The number of carbonyl (C=O) groups excluding carboxylic acids is 1. The normalized spacial score (nSPS) is 10.6. The topological polar surface area (TPSA) is 49.3 Å². The molecule has 1 amide bonds. The fourth-order valence-electron chi connectivity index (χ4n) is 1.46. The van der Waals surface area contributed by atoms with Crippen molar-refractivity contribution < 1.29 is 10.0 Å². The Morgan fingerprint density at radius 1 is 1.25 bits per heavy atom. The second-order valence-electron chi connectivity index (χ2n) is 3.61. The number of unbranched alkanes of at least 4 members (excludes halogenated alkanes) is 2. The van der Waals surface area contributed by atoms with Gasteiger partial charge in [0.2, 0.25) is 0 Å². The highest BCUT2D eigenvalue weighted by Crippen LogP contribution is 2.06. The van der Waals surface area contributed by atoms with Crippen LogP contribution < -0.4 is 5.48 Å². The van der Waals surface area contributed by atoms with E-state index in [-0.39, 0.29) is 0 Å². The van der Waals surface area contributed by atoms with Crippen LogP contribution in [0.3, 0.4) is 0 Å². The number of hydroxylamine groups is 1. The van der Waals surface area contributed by atoms with E-state index < -0.39 is 5.91 Å². The van der Waals surface area contributed by atoms with E-state index in [0.717, 1.165) is 25.7 Å². The first-order valence-electron chi connectivity index (χ1n) is 5.47. The van der Waals surface area contributed by atoms with Gasteiger partial charge in [-0.05, 0) is 31.2 Å². The lowest BCUT2D eigenvalue weighted by Crippen LogP contribution is -2.14. The van der Waals surface area contributed by atoms with Crippen LogP contribution in [-0.2, 0) is 11.2 Å². The number of hydrogen-bond acceptors (Lipinski definition) is 2. The van der Waals surface area contributed by atoms with Crippen LogP contribution in [0.25, 0.3) is 0 Å². The number of amides is 1. The van der Waals surface area contributed by atoms with E-state index in [9.17, 15) is 4.79 Å². The lowest BCUT2D eigenvalue weighted by atomic mass is 10.1. The van der Waals surface area contributed by atoms with E-state index >= 15 is 0 Å². The van der Waals surface area contributed by atoms with Crippen molar-refractivity contribution in [1.82, 2.24) is 5.48 Å². The highest BCUT2D eigenvalue weighted by molar-refractivity contribution is 5.86. The Hall–Kier alpha value is -1.61. The molecule has 86 valence electrons. The monoisotopic (exact) mass is 219 g/mol. The molecular formula is C13H17NO2. The number of allylic oxidation sites excluding steroid dienone is 1. The van der Waals surface area contributed by atoms with Gasteiger partial charge < -0.3 is 0 Å². The predicted molar refractivity (Wildman–Crippen MR) is 63.1 cm³/mol. The number of benzene rings is 1. The van der Waals surface area contributed by atoms with Crippen molar-refractivity contribution in [1.29, 1.82) is 0 Å². The van der Waals surface area contributed by atoms with Gasteiger partial charge in [0.05, 0.1) is 0 Å². The molecule has 3 nitrogen and oxygen atoms in total. The molecule has 16 heavy (non-hydrogen) atoms. The van der Waals surface area contributed by atoms with Gasteiger partial charge in [-0.15, -0.1) is 0 Å². The molecule has 0 aromatic heterocycles. The summed E-state index contributed by atoms with van der Waals surface area (Å²) < 4.78 is 0. The molecule has 2 N–H and O–H groups in total. The smallest absolute Gasteiger partial charge is 0.267 e. The molecule has 1 rings (SSSR count). The van der Waals surface area contributed by atoms with Crippen LogP contribution >= 0.6 is 0 Å². The summed E-state index contributed by atoms with van der Waals surface area (Å²) in [6, 6.07) is 10.3. The van der Waals surface area contributed by atoms with E-state index in [2.05, 4.69) is 12.1 Å². The van der Waals surface area contributed by atoms with E-state index in [0.29, 0.717) is 0 Å². The van der Waals surface area contributed by atoms with E-state index in [1.54, 1.807) is 11.6 Å². The first kappa shape index (κ1) is 12.5. The zero-order valence-electron chi connectivity index (χ0n) is 9.23. The van der Waals surface area contributed by atoms with Gasteiger partial charge in [0, 0.05) is 6.08 Å². The third-order valence-corrected chi connectivity index (χ3v) is 2.31. The minimum atomic E-state index is -0.469. The number of aryl methyl sites for hydroxylation is 1. The third-order valence-electron chi connectivity index (χ3n) is 2.31. The van der Waals surface area contributed by atoms with Gasteiger partial charge >= 0.3 is 0 Å². The lowest BCUT2D eigenvalue weighted by molar-refractivity contribution is -0.124. The zero-order valence-corrected chi connectivity index (χ0v) is 9.23. The maximum atomic E-state index is 10.6. The van der Waals surface area contributed by atoms with Gasteiger partial charge in [0.25, 0.3) is 5.91 Å². The Morgan fingerprint density at radius 3 is 2.69 bits per heavy atom. The number of hydrogen-bond donors (Lipinski definition) is 2. The summed E-state index contributed by atoms with van der Waals surface area (Å²) in [5, 5.41) is 8.24. The molecule has 1 aromatic rings. The minimum Gasteiger partial charge on any atom is -0.288 e. The summed E-state index contributed by atoms with van der Waals surface area (Å²) in [7, 11) is 0. The average Bonchev–Trinajstić information content (AvgIpc) is 2.34. The van der Waals surface area contributed by atoms with E-state index in [4.69, 9.17) is 5.21 Å². The van der Waals surface area contributed by atoms with Crippen molar-refractivity contribution in [3.05, 3.63) is 48.0 Å². The Kier molecular flexibility index (Phi) is 5.96. The highest BCUT2D eigenvalue weighted by Gasteiger charge is 1.92. The number of nitrogens with one attached hydrogen (secondary N) is 1. The van der Waals surface area contributed by atoms with Gasteiger partial charge in [-0.1, -0.05) is 36.4 Å². The molecule has 0 aliphatic rings. The maximum Gasteiger partial charge on any atom is 0.267 e. The Bertz CT molecular complexity index is 333. The van der Waals surface area contributed by atoms with Crippen molar-refractivity contribution in [3.63, 3.8) is 0 Å². The summed E-state index contributed by atoms with van der Waals surface area (Å²) in [5.41, 5.74) is 2.90. The molecule has 3 heteroatoms. The van der Waals surface area contributed by atoms with Gasteiger partial charge in [0.15, 0.2) is 0 Å². The summed E-state index contributed by atoms with van der Waals surface area (Å²) in [6.45, 7) is 0. The third kappa shape index (κ3) is 5.32. The quantitative estimate of drug-likeness (QED) is 0.334. The van der Waals surface area contributed by atoms with E-state index in [1.165, 1.54) is 11.6 Å². The fraction of sp³-hybridized carbons (Fsp3) is 0.308. The highest BCUT2D eigenvalue weighted by atomic mass is 16.5. The average molecular weight is 219 g/mol. The van der Waals surface area contributed by atoms with Crippen LogP contribution in [0.2, 0.25) is 0 Å². The first-order chi connectivity index (χ1) is 7.83. The molecule has 1 aromatic carbocycles. The molecule has 0 unspecified atom stereocenters. The molecule has 0 atom stereocenters. The standard InChI is InChI=1S/C13H17NO2/c15-13(14-16)11-7-2-1-4-8-12-9-5-3-6-10-12/h3,5-7,9-11,16H,1-2,4,8H2,(H,14,15). The van der Waals surface area contributed by atoms with Crippen LogP contribution in [0.1, 0.15) is 24.8 Å². The maximum absolute atomic E-state index is 10.6. The van der Waals surface area contributed by atoms with Crippen molar-refractivity contribution in [2.75, 3.05) is 0 Å². The largest absolute Gasteiger partial charge is 0.288 e. The van der Waals surface area contributed by atoms with Crippen LogP contribution in [0.5, 0.6) is 0 Å². The van der Waals surface area contributed by atoms with Crippen LogP contribution in [0.4, 0.5) is 0 Å². The Balaban J connectivity index is 2.09. The van der Waals surface area contributed by atoms with Crippen LogP contribution in [-0.4, -0.2) is 11.1 Å². The van der Waals surface area contributed by atoms with Gasteiger partial charge in [0.1, 0.15) is 0 Å². The second kappa shape index (κ2) is 7.65. The summed E-state index contributed by atoms with van der Waals surface area (Å²) in [4.78, 5) is 10.6. The second-order valence-corrected chi connectivity index (χ2v) is 3.61. The SMILES string of the molecule is O=C(C=CCCCCc1ccccc1)NO. The van der Waals surface area contributed by atoms with Crippen molar-refractivity contribution in [3.8, 4) is 0 Å². The molecule has 0 aliphatic heterocycles. The van der Waals surface area contributed by atoms with Crippen molar-refractivity contribution in [2.24, 2.45) is 0 Å². The molecule has 0 aliphatic carbocycles. The zero-order chi connectivity index (χ0) is 11.6. The predicted octanol–water partition coefficient (Wildman–Crippen LogP) is 2.46. The van der Waals surface area contributed by atoms with Crippen molar-refractivity contribution >= 4 is 5.91 Å². The van der Waals surface area contributed by atoms with E-state index in [1.807, 2.05) is 18.2 Å². The number of rotatable bonds is 6. The summed E-state index contributed by atoms with van der Waals surface area (Å²) in [5.74, 6) is -0.469. The molecule has 0 saturated heterocycles. The molecular weight excluding hydrogens is 202 g/mol. The lowest BCUT2D eigenvalue weighted by Gasteiger charge is -1.99. The first-order valence-corrected chi connectivity index (χ1v) is 5.47. The Morgan fingerprint density at radius 2 is 2.00 bits per heavy atom. The number of carbonyl (C=O) groups is 1. The van der Waals surface area contributed by atoms with Gasteiger partial charge in [-0.3, -0.25) is 10.0 Å². The van der Waals surface area contributed by atoms with Crippen LogP contribution in [0, 0.1) is 0 Å². The molecule has 0 saturated carbocycles. The van der Waals surface area contributed by atoms with Crippen LogP contribution in [0.15, 0.2) is 42.5 Å². The summed E-state index contributed by atoms with van der Waals surface area (Å²) >= 11 is 0. The molecule has 0 fully saturated rings. The summed E-state index contributed by atoms with van der Waals surface area (Å²) in [6.07, 6.45) is 7.21.